The summed E-state index contributed by atoms with van der Waals surface area (Å²) in [6.45, 7) is 2.73. The lowest BCUT2D eigenvalue weighted by atomic mass is 10.1. The van der Waals surface area contributed by atoms with E-state index in [1.165, 1.54) is 0 Å². The van der Waals surface area contributed by atoms with Crippen LogP contribution in [0.15, 0.2) is 30.3 Å². The Labute approximate surface area is 114 Å². The predicted molar refractivity (Wildman–Crippen MR) is 75.2 cm³/mol. The fraction of sp³-hybridized carbons (Fsp3) is 0.533. The van der Waals surface area contributed by atoms with Gasteiger partial charge >= 0.3 is 0 Å². The van der Waals surface area contributed by atoms with Crippen molar-refractivity contribution in [2.24, 2.45) is 0 Å². The number of nitrogens with one attached hydrogen (secondary N) is 1. The van der Waals surface area contributed by atoms with E-state index in [0.717, 1.165) is 6.42 Å². The molecular formula is C15H23NO3. The molecule has 0 spiro atoms. The maximum Gasteiger partial charge on any atom is 0.176 e. The summed E-state index contributed by atoms with van der Waals surface area (Å²) in [7, 11) is 0. The first kappa shape index (κ1) is 15.8. The minimum atomic E-state index is -0.723. The molecule has 2 unspecified atom stereocenters. The quantitative estimate of drug-likeness (QED) is 0.466. The molecule has 0 fully saturated rings. The van der Waals surface area contributed by atoms with Gasteiger partial charge in [-0.05, 0) is 19.4 Å². The number of aliphatic hydroxyl groups excluding tert-OH is 2. The Morgan fingerprint density at radius 3 is 2.42 bits per heavy atom. The topological polar surface area (TPSA) is 69.6 Å². The molecule has 0 aliphatic heterocycles. The van der Waals surface area contributed by atoms with Crippen molar-refractivity contribution in [1.82, 2.24) is 5.32 Å². The van der Waals surface area contributed by atoms with Crippen LogP contribution >= 0.6 is 0 Å². The lowest BCUT2D eigenvalue weighted by molar-refractivity contribution is 0.00993. The van der Waals surface area contributed by atoms with Crippen molar-refractivity contribution in [3.63, 3.8) is 0 Å². The van der Waals surface area contributed by atoms with Gasteiger partial charge in [-0.15, -0.1) is 0 Å². The zero-order valence-electron chi connectivity index (χ0n) is 11.4. The Morgan fingerprint density at radius 1 is 1.16 bits per heavy atom. The fourth-order valence-corrected chi connectivity index (χ4v) is 1.86. The molecule has 0 aliphatic carbocycles. The summed E-state index contributed by atoms with van der Waals surface area (Å²) in [4.78, 5) is 11.8. The van der Waals surface area contributed by atoms with E-state index < -0.39 is 12.2 Å². The van der Waals surface area contributed by atoms with Crippen LogP contribution in [0.1, 0.15) is 36.5 Å². The first-order valence-corrected chi connectivity index (χ1v) is 6.80. The molecule has 4 nitrogen and oxygen atoms in total. The van der Waals surface area contributed by atoms with Gasteiger partial charge in [0.25, 0.3) is 0 Å². The average molecular weight is 265 g/mol. The number of ketones is 1. The summed E-state index contributed by atoms with van der Waals surface area (Å²) < 4.78 is 0. The van der Waals surface area contributed by atoms with Gasteiger partial charge in [-0.1, -0.05) is 43.7 Å². The van der Waals surface area contributed by atoms with Crippen LogP contribution < -0.4 is 5.32 Å². The third-order valence-corrected chi connectivity index (χ3v) is 3.03. The molecular weight excluding hydrogens is 242 g/mol. The van der Waals surface area contributed by atoms with Gasteiger partial charge in [0.2, 0.25) is 0 Å². The molecule has 0 saturated carbocycles. The van der Waals surface area contributed by atoms with E-state index in [2.05, 4.69) is 5.32 Å². The largest absolute Gasteiger partial charge is 0.390 e. The van der Waals surface area contributed by atoms with Gasteiger partial charge in [-0.2, -0.15) is 0 Å². The van der Waals surface area contributed by atoms with Crippen molar-refractivity contribution in [3.8, 4) is 0 Å². The number of hydrogen-bond acceptors (Lipinski definition) is 4. The van der Waals surface area contributed by atoms with Gasteiger partial charge in [-0.25, -0.2) is 0 Å². The van der Waals surface area contributed by atoms with Gasteiger partial charge in [0.1, 0.15) is 0 Å². The summed E-state index contributed by atoms with van der Waals surface area (Å²) >= 11 is 0. The highest BCUT2D eigenvalue weighted by molar-refractivity contribution is 5.97. The van der Waals surface area contributed by atoms with E-state index in [4.69, 9.17) is 0 Å². The molecule has 1 rings (SSSR count). The van der Waals surface area contributed by atoms with E-state index >= 15 is 0 Å². The minimum absolute atomic E-state index is 0.0317. The van der Waals surface area contributed by atoms with Crippen molar-refractivity contribution in [3.05, 3.63) is 35.9 Å². The number of Topliss-reactive ketones (excluding diaryl/α,β-unsaturated/α-hetero) is 1. The van der Waals surface area contributed by atoms with Crippen LogP contribution in [0, 0.1) is 0 Å². The Kier molecular flexibility index (Phi) is 7.33. The van der Waals surface area contributed by atoms with Crippen LogP contribution in [-0.4, -0.2) is 41.3 Å². The summed E-state index contributed by atoms with van der Waals surface area (Å²) in [5, 5.41) is 22.2. The van der Waals surface area contributed by atoms with Gasteiger partial charge in [0, 0.05) is 5.56 Å². The predicted octanol–water partition coefficient (Wildman–Crippen LogP) is 1.37. The second kappa shape index (κ2) is 8.80. The molecule has 0 aromatic heterocycles. The minimum Gasteiger partial charge on any atom is -0.390 e. The Bertz CT molecular complexity index is 367. The highest BCUT2D eigenvalue weighted by Crippen LogP contribution is 2.05. The smallest absolute Gasteiger partial charge is 0.176 e. The zero-order valence-corrected chi connectivity index (χ0v) is 11.4. The molecule has 1 aromatic rings. The van der Waals surface area contributed by atoms with Crippen LogP contribution in [0.25, 0.3) is 0 Å². The monoisotopic (exact) mass is 265 g/mol. The second-order valence-electron chi connectivity index (χ2n) is 4.68. The molecule has 2 atom stereocenters. The summed E-state index contributed by atoms with van der Waals surface area (Å²) in [6, 6.07) is 9.10. The Hall–Kier alpha value is -1.23. The van der Waals surface area contributed by atoms with Crippen molar-refractivity contribution in [2.45, 2.75) is 38.4 Å². The van der Waals surface area contributed by atoms with Gasteiger partial charge in [-0.3, -0.25) is 4.79 Å². The number of benzene rings is 1. The molecule has 106 valence electrons. The normalized spacial score (nSPS) is 14.1. The maximum absolute atomic E-state index is 11.8. The zero-order chi connectivity index (χ0) is 14.1. The standard InChI is InChI=1S/C15H23NO3/c1-2-6-13(17)14(18)9-10-16-11-15(19)12-7-4-3-5-8-12/h3-5,7-8,13-14,16-18H,2,6,9-11H2,1H3. The molecule has 4 heteroatoms. The third kappa shape index (κ3) is 5.96. The van der Waals surface area contributed by atoms with Gasteiger partial charge in [0.05, 0.1) is 18.8 Å². The van der Waals surface area contributed by atoms with E-state index in [0.29, 0.717) is 24.9 Å². The third-order valence-electron chi connectivity index (χ3n) is 3.03. The number of carbonyl (C=O) groups excluding carboxylic acids is 1. The van der Waals surface area contributed by atoms with Crippen molar-refractivity contribution in [2.75, 3.05) is 13.1 Å². The molecule has 0 radical (unpaired) electrons. The van der Waals surface area contributed by atoms with Gasteiger partial charge < -0.3 is 15.5 Å². The molecule has 0 aliphatic rings. The number of carbonyl (C=O) groups is 1. The Morgan fingerprint density at radius 2 is 1.79 bits per heavy atom. The summed E-state index contributed by atoms with van der Waals surface area (Å²) in [5.41, 5.74) is 0.682. The fourth-order valence-electron chi connectivity index (χ4n) is 1.86. The van der Waals surface area contributed by atoms with Crippen LogP contribution in [0.3, 0.4) is 0 Å². The maximum atomic E-state index is 11.8. The van der Waals surface area contributed by atoms with Crippen molar-refractivity contribution in [1.29, 1.82) is 0 Å². The van der Waals surface area contributed by atoms with Crippen LogP contribution in [0.4, 0.5) is 0 Å². The molecule has 0 heterocycles. The molecule has 0 saturated heterocycles. The first-order valence-electron chi connectivity index (χ1n) is 6.80. The van der Waals surface area contributed by atoms with Crippen LogP contribution in [-0.2, 0) is 0 Å². The summed E-state index contributed by atoms with van der Waals surface area (Å²) in [5.74, 6) is 0.0317. The average Bonchev–Trinajstić information content (AvgIpc) is 2.44. The van der Waals surface area contributed by atoms with E-state index in [1.54, 1.807) is 12.1 Å². The first-order chi connectivity index (χ1) is 9.15. The molecule has 0 amide bonds. The lowest BCUT2D eigenvalue weighted by Crippen LogP contribution is -2.31. The molecule has 0 bridgehead atoms. The molecule has 19 heavy (non-hydrogen) atoms. The van der Waals surface area contributed by atoms with Gasteiger partial charge in [0.15, 0.2) is 5.78 Å². The number of rotatable bonds is 9. The van der Waals surface area contributed by atoms with Crippen molar-refractivity contribution < 1.29 is 15.0 Å². The van der Waals surface area contributed by atoms with E-state index in [9.17, 15) is 15.0 Å². The number of hydrogen-bond donors (Lipinski definition) is 3. The summed E-state index contributed by atoms with van der Waals surface area (Å²) in [6.07, 6.45) is 0.502. The SMILES string of the molecule is CCCC(O)C(O)CCNCC(=O)c1ccccc1. The molecule has 1 aromatic carbocycles. The van der Waals surface area contributed by atoms with Crippen LogP contribution in [0.5, 0.6) is 0 Å². The van der Waals surface area contributed by atoms with Crippen molar-refractivity contribution >= 4 is 5.78 Å². The number of aliphatic hydroxyl groups is 2. The molecule has 3 N–H and O–H groups in total. The Balaban J connectivity index is 2.19. The second-order valence-corrected chi connectivity index (χ2v) is 4.68. The van der Waals surface area contributed by atoms with Crippen LogP contribution in [0.2, 0.25) is 0 Å². The van der Waals surface area contributed by atoms with E-state index in [-0.39, 0.29) is 12.3 Å². The lowest BCUT2D eigenvalue weighted by Gasteiger charge is -2.17. The highest BCUT2D eigenvalue weighted by atomic mass is 16.3. The highest BCUT2D eigenvalue weighted by Gasteiger charge is 2.14. The van der Waals surface area contributed by atoms with E-state index in [1.807, 2.05) is 25.1 Å².